The van der Waals surface area contributed by atoms with Crippen molar-refractivity contribution < 1.29 is 13.9 Å². The SMILES string of the molecule is O=C(COc1ccc(F)cc1)Nc1ccc(Cl)cc1Cl. The number of hydrogen-bond donors (Lipinski definition) is 1. The Morgan fingerprint density at radius 2 is 1.85 bits per heavy atom. The monoisotopic (exact) mass is 313 g/mol. The third-order valence-electron chi connectivity index (χ3n) is 2.39. The van der Waals surface area contributed by atoms with Gasteiger partial charge in [-0.05, 0) is 42.5 Å². The van der Waals surface area contributed by atoms with Crippen molar-refractivity contribution >= 4 is 34.8 Å². The maximum Gasteiger partial charge on any atom is 0.262 e. The number of carbonyl (C=O) groups excluding carboxylic acids is 1. The Morgan fingerprint density at radius 1 is 1.15 bits per heavy atom. The predicted molar refractivity (Wildman–Crippen MR) is 77.0 cm³/mol. The molecule has 0 bridgehead atoms. The number of ether oxygens (including phenoxy) is 1. The van der Waals surface area contributed by atoms with Crippen molar-refractivity contribution in [3.8, 4) is 5.75 Å². The number of rotatable bonds is 4. The molecule has 6 heteroatoms. The van der Waals surface area contributed by atoms with Crippen LogP contribution in [0.3, 0.4) is 0 Å². The number of halogens is 3. The molecule has 3 nitrogen and oxygen atoms in total. The number of benzene rings is 2. The summed E-state index contributed by atoms with van der Waals surface area (Å²) in [7, 11) is 0. The van der Waals surface area contributed by atoms with Crippen LogP contribution in [0.5, 0.6) is 5.75 Å². The molecule has 2 rings (SSSR count). The van der Waals surface area contributed by atoms with Crippen molar-refractivity contribution in [3.05, 3.63) is 58.3 Å². The topological polar surface area (TPSA) is 38.3 Å². The van der Waals surface area contributed by atoms with Crippen molar-refractivity contribution in [2.45, 2.75) is 0 Å². The highest BCUT2D eigenvalue weighted by atomic mass is 35.5. The number of nitrogens with one attached hydrogen (secondary N) is 1. The van der Waals surface area contributed by atoms with E-state index < -0.39 is 0 Å². The van der Waals surface area contributed by atoms with E-state index in [1.165, 1.54) is 30.3 Å². The van der Waals surface area contributed by atoms with Crippen LogP contribution in [0.4, 0.5) is 10.1 Å². The molecule has 0 atom stereocenters. The van der Waals surface area contributed by atoms with E-state index in [2.05, 4.69) is 5.32 Å². The lowest BCUT2D eigenvalue weighted by molar-refractivity contribution is -0.118. The Balaban J connectivity index is 1.90. The van der Waals surface area contributed by atoms with Crippen LogP contribution in [0.2, 0.25) is 10.0 Å². The summed E-state index contributed by atoms with van der Waals surface area (Å²) in [5.41, 5.74) is 0.448. The van der Waals surface area contributed by atoms with E-state index in [1.54, 1.807) is 12.1 Å². The first kappa shape index (κ1) is 14.6. The van der Waals surface area contributed by atoms with E-state index in [0.29, 0.717) is 21.5 Å². The van der Waals surface area contributed by atoms with Gasteiger partial charge in [-0.3, -0.25) is 4.79 Å². The van der Waals surface area contributed by atoms with Crippen molar-refractivity contribution in [1.29, 1.82) is 0 Å². The lowest BCUT2D eigenvalue weighted by atomic mass is 10.3. The van der Waals surface area contributed by atoms with Crippen LogP contribution < -0.4 is 10.1 Å². The lowest BCUT2D eigenvalue weighted by Gasteiger charge is -2.09. The van der Waals surface area contributed by atoms with Crippen LogP contribution in [-0.2, 0) is 4.79 Å². The molecular formula is C14H10Cl2FNO2. The molecule has 0 aromatic heterocycles. The molecule has 0 fully saturated rings. The molecule has 0 heterocycles. The molecule has 0 radical (unpaired) electrons. The minimum absolute atomic E-state index is 0.204. The van der Waals surface area contributed by atoms with E-state index in [-0.39, 0.29) is 18.3 Å². The highest BCUT2D eigenvalue weighted by molar-refractivity contribution is 6.36. The maximum absolute atomic E-state index is 12.7. The number of anilines is 1. The van der Waals surface area contributed by atoms with E-state index in [1.807, 2.05) is 0 Å². The van der Waals surface area contributed by atoms with Gasteiger partial charge in [0.15, 0.2) is 6.61 Å². The predicted octanol–water partition coefficient (Wildman–Crippen LogP) is 4.15. The molecule has 0 aliphatic rings. The largest absolute Gasteiger partial charge is 0.484 e. The molecule has 2 aromatic carbocycles. The molecule has 1 amide bonds. The molecule has 20 heavy (non-hydrogen) atoms. The first-order valence-corrected chi connectivity index (χ1v) is 6.43. The molecule has 0 unspecified atom stereocenters. The highest BCUT2D eigenvalue weighted by Crippen LogP contribution is 2.25. The summed E-state index contributed by atoms with van der Waals surface area (Å²) in [5, 5.41) is 3.41. The van der Waals surface area contributed by atoms with Gasteiger partial charge in [-0.2, -0.15) is 0 Å². The first-order valence-electron chi connectivity index (χ1n) is 5.68. The summed E-state index contributed by atoms with van der Waals surface area (Å²) in [6.45, 7) is -0.204. The fourth-order valence-corrected chi connectivity index (χ4v) is 1.91. The molecule has 104 valence electrons. The van der Waals surface area contributed by atoms with Crippen molar-refractivity contribution in [1.82, 2.24) is 0 Å². The summed E-state index contributed by atoms with van der Waals surface area (Å²) in [6, 6.07) is 10.1. The third-order valence-corrected chi connectivity index (χ3v) is 2.94. The second-order valence-corrected chi connectivity index (χ2v) is 4.76. The van der Waals surface area contributed by atoms with Crippen molar-refractivity contribution in [3.63, 3.8) is 0 Å². The minimum atomic E-state index is -0.376. The van der Waals surface area contributed by atoms with Gasteiger partial charge in [0.05, 0.1) is 10.7 Å². The van der Waals surface area contributed by atoms with Crippen LogP contribution >= 0.6 is 23.2 Å². The van der Waals surface area contributed by atoms with Crippen LogP contribution in [0, 0.1) is 5.82 Å². The van der Waals surface area contributed by atoms with Gasteiger partial charge in [-0.25, -0.2) is 4.39 Å². The van der Waals surface area contributed by atoms with Crippen LogP contribution in [0.1, 0.15) is 0 Å². The number of amides is 1. The molecule has 0 spiro atoms. The smallest absolute Gasteiger partial charge is 0.262 e. The Bertz CT molecular complexity index is 617. The van der Waals surface area contributed by atoms with E-state index in [4.69, 9.17) is 27.9 Å². The molecular weight excluding hydrogens is 304 g/mol. The van der Waals surface area contributed by atoms with Crippen LogP contribution in [0.15, 0.2) is 42.5 Å². The third kappa shape index (κ3) is 4.11. The Hall–Kier alpha value is -1.78. The second kappa shape index (κ2) is 6.59. The van der Waals surface area contributed by atoms with Crippen molar-refractivity contribution in [2.75, 3.05) is 11.9 Å². The normalized spacial score (nSPS) is 10.2. The quantitative estimate of drug-likeness (QED) is 0.920. The molecule has 0 saturated heterocycles. The minimum Gasteiger partial charge on any atom is -0.484 e. The van der Waals surface area contributed by atoms with Gasteiger partial charge in [0.1, 0.15) is 11.6 Å². The molecule has 0 saturated carbocycles. The highest BCUT2D eigenvalue weighted by Gasteiger charge is 2.07. The van der Waals surface area contributed by atoms with Gasteiger partial charge >= 0.3 is 0 Å². The van der Waals surface area contributed by atoms with E-state index in [0.717, 1.165) is 0 Å². The van der Waals surface area contributed by atoms with Gasteiger partial charge in [0.2, 0.25) is 0 Å². The molecule has 0 aliphatic heterocycles. The number of hydrogen-bond acceptors (Lipinski definition) is 2. The van der Waals surface area contributed by atoms with Crippen LogP contribution in [0.25, 0.3) is 0 Å². The standard InChI is InChI=1S/C14H10Cl2FNO2/c15-9-1-6-13(12(16)7-9)18-14(19)8-20-11-4-2-10(17)3-5-11/h1-7H,8H2,(H,18,19). The van der Waals surface area contributed by atoms with Crippen molar-refractivity contribution in [2.24, 2.45) is 0 Å². The van der Waals surface area contributed by atoms with Gasteiger partial charge in [-0.1, -0.05) is 23.2 Å². The fourth-order valence-electron chi connectivity index (χ4n) is 1.46. The zero-order chi connectivity index (χ0) is 14.5. The average Bonchev–Trinajstić information content (AvgIpc) is 2.41. The summed E-state index contributed by atoms with van der Waals surface area (Å²) in [5.74, 6) is -0.336. The summed E-state index contributed by atoms with van der Waals surface area (Å²) in [4.78, 5) is 11.7. The zero-order valence-electron chi connectivity index (χ0n) is 10.2. The molecule has 0 aliphatic carbocycles. The molecule has 1 N–H and O–H groups in total. The Morgan fingerprint density at radius 3 is 2.50 bits per heavy atom. The Kier molecular flexibility index (Phi) is 4.82. The Labute approximate surface area is 125 Å². The van der Waals surface area contributed by atoms with E-state index in [9.17, 15) is 9.18 Å². The average molecular weight is 314 g/mol. The maximum atomic E-state index is 12.7. The summed E-state index contributed by atoms with van der Waals surface area (Å²) < 4.78 is 17.9. The zero-order valence-corrected chi connectivity index (χ0v) is 11.7. The van der Waals surface area contributed by atoms with Gasteiger partial charge in [0.25, 0.3) is 5.91 Å². The van der Waals surface area contributed by atoms with E-state index >= 15 is 0 Å². The number of carbonyl (C=O) groups is 1. The summed E-state index contributed by atoms with van der Waals surface area (Å²) >= 11 is 11.7. The first-order chi connectivity index (χ1) is 9.54. The summed E-state index contributed by atoms with van der Waals surface area (Å²) in [6.07, 6.45) is 0. The van der Waals surface area contributed by atoms with Gasteiger partial charge in [-0.15, -0.1) is 0 Å². The second-order valence-electron chi connectivity index (χ2n) is 3.91. The lowest BCUT2D eigenvalue weighted by Crippen LogP contribution is -2.20. The fraction of sp³-hybridized carbons (Fsp3) is 0.0714. The van der Waals surface area contributed by atoms with Gasteiger partial charge in [0, 0.05) is 5.02 Å². The van der Waals surface area contributed by atoms with Crippen LogP contribution in [-0.4, -0.2) is 12.5 Å². The van der Waals surface area contributed by atoms with Gasteiger partial charge < -0.3 is 10.1 Å². The molecule has 2 aromatic rings.